The lowest BCUT2D eigenvalue weighted by Crippen LogP contribution is -2.58. The minimum atomic E-state index is 0.0293. The van der Waals surface area contributed by atoms with E-state index in [0.29, 0.717) is 28.5 Å². The summed E-state index contributed by atoms with van der Waals surface area (Å²) in [6, 6.07) is 6.40. The molecule has 1 N–H and O–H groups in total. The second-order valence-corrected chi connectivity index (χ2v) is 10.4. The Morgan fingerprint density at radius 3 is 2.64 bits per heavy atom. The van der Waals surface area contributed by atoms with E-state index in [0.717, 1.165) is 69.2 Å². The van der Waals surface area contributed by atoms with Crippen molar-refractivity contribution in [3.63, 3.8) is 0 Å². The summed E-state index contributed by atoms with van der Waals surface area (Å²) in [5, 5.41) is 4.72. The molecule has 0 bridgehead atoms. The number of imidazole rings is 1. The third-order valence-electron chi connectivity index (χ3n) is 7.76. The smallest absolute Gasteiger partial charge is 0.255 e. The Labute approximate surface area is 231 Å². The fraction of sp³-hybridized carbons (Fsp3) is 0.407. The highest BCUT2D eigenvalue weighted by Crippen LogP contribution is 2.31. The standard InChI is InChI=1S/C27H31ClN10O/c1-2-21-16-36(26-23(28)13-20(15-33-26)25-30-7-8-31-25)11-12-37(21)22-5-9-35(10-6-22)27(39)19-3-4-24(32-14-19)38-18-29-17-34-38/h3-4,7-8,13-15,17-18,21-22H,2,5-6,9-12,16H2,1H3,(H,30,31)/t21-/m0/s1. The Morgan fingerprint density at radius 2 is 1.97 bits per heavy atom. The van der Waals surface area contributed by atoms with E-state index in [-0.39, 0.29) is 5.91 Å². The molecule has 12 heteroatoms. The number of aromatic nitrogens is 7. The van der Waals surface area contributed by atoms with Gasteiger partial charge in [-0.25, -0.2) is 24.6 Å². The highest BCUT2D eigenvalue weighted by molar-refractivity contribution is 6.33. The predicted octanol–water partition coefficient (Wildman–Crippen LogP) is 3.31. The molecule has 1 amide bonds. The molecule has 39 heavy (non-hydrogen) atoms. The fourth-order valence-electron chi connectivity index (χ4n) is 5.68. The Bertz CT molecular complexity index is 1380. The quantitative estimate of drug-likeness (QED) is 0.392. The lowest BCUT2D eigenvalue weighted by Gasteiger charge is -2.47. The minimum Gasteiger partial charge on any atom is -0.353 e. The van der Waals surface area contributed by atoms with Gasteiger partial charge in [0.15, 0.2) is 5.82 Å². The first-order valence-electron chi connectivity index (χ1n) is 13.4. The molecular weight excluding hydrogens is 516 g/mol. The zero-order chi connectivity index (χ0) is 26.8. The number of piperazine rings is 1. The third kappa shape index (κ3) is 5.24. The fourth-order valence-corrected chi connectivity index (χ4v) is 5.97. The van der Waals surface area contributed by atoms with Crippen molar-refractivity contribution >= 4 is 23.3 Å². The predicted molar refractivity (Wildman–Crippen MR) is 148 cm³/mol. The Balaban J connectivity index is 1.05. The number of nitrogens with one attached hydrogen (secondary N) is 1. The summed E-state index contributed by atoms with van der Waals surface area (Å²) in [6.07, 6.45) is 13.0. The van der Waals surface area contributed by atoms with Gasteiger partial charge in [0.25, 0.3) is 5.91 Å². The first kappa shape index (κ1) is 25.4. The van der Waals surface area contributed by atoms with Gasteiger partial charge in [-0.1, -0.05) is 18.5 Å². The van der Waals surface area contributed by atoms with Crippen molar-refractivity contribution in [1.29, 1.82) is 0 Å². The van der Waals surface area contributed by atoms with Crippen LogP contribution in [0.25, 0.3) is 17.2 Å². The molecule has 2 aliphatic rings. The maximum absolute atomic E-state index is 13.1. The molecule has 0 radical (unpaired) electrons. The number of hydrogen-bond acceptors (Lipinski definition) is 8. The van der Waals surface area contributed by atoms with Crippen LogP contribution in [0.4, 0.5) is 5.82 Å². The number of H-pyrrole nitrogens is 1. The normalized spacial score (nSPS) is 19.0. The first-order chi connectivity index (χ1) is 19.1. The van der Waals surface area contributed by atoms with Gasteiger partial charge in [0.2, 0.25) is 0 Å². The Kier molecular flexibility index (Phi) is 7.25. The maximum atomic E-state index is 13.1. The number of nitrogens with zero attached hydrogens (tertiary/aromatic N) is 9. The summed E-state index contributed by atoms with van der Waals surface area (Å²) < 4.78 is 1.57. The van der Waals surface area contributed by atoms with Crippen molar-refractivity contribution in [2.24, 2.45) is 0 Å². The van der Waals surface area contributed by atoms with Gasteiger partial charge in [-0.05, 0) is 37.5 Å². The largest absolute Gasteiger partial charge is 0.353 e. The average molecular weight is 547 g/mol. The molecule has 11 nitrogen and oxygen atoms in total. The van der Waals surface area contributed by atoms with Gasteiger partial charge in [0.05, 0.1) is 10.6 Å². The summed E-state index contributed by atoms with van der Waals surface area (Å²) in [5.41, 5.74) is 1.47. The van der Waals surface area contributed by atoms with E-state index < -0.39 is 0 Å². The number of pyridine rings is 2. The van der Waals surface area contributed by atoms with Crippen LogP contribution in [-0.2, 0) is 0 Å². The number of carbonyl (C=O) groups excluding carboxylic acids is 1. The van der Waals surface area contributed by atoms with Crippen molar-refractivity contribution in [2.45, 2.75) is 38.3 Å². The van der Waals surface area contributed by atoms with Gasteiger partial charge in [-0.15, -0.1) is 0 Å². The van der Waals surface area contributed by atoms with Crippen LogP contribution in [0.5, 0.6) is 0 Å². The molecule has 1 atom stereocenters. The monoisotopic (exact) mass is 546 g/mol. The molecule has 2 saturated heterocycles. The van der Waals surface area contributed by atoms with Crippen molar-refractivity contribution in [2.75, 3.05) is 37.6 Å². The number of halogens is 1. The molecule has 4 aromatic heterocycles. The number of aromatic amines is 1. The second-order valence-electron chi connectivity index (χ2n) is 9.98. The lowest BCUT2D eigenvalue weighted by atomic mass is 9.97. The van der Waals surface area contributed by atoms with Gasteiger partial charge < -0.3 is 14.8 Å². The zero-order valence-corrected chi connectivity index (χ0v) is 22.6. The molecular formula is C27H31ClN10O. The lowest BCUT2D eigenvalue weighted by molar-refractivity contribution is 0.0490. The highest BCUT2D eigenvalue weighted by Gasteiger charge is 2.35. The number of piperidine rings is 1. The summed E-state index contributed by atoms with van der Waals surface area (Å²) in [7, 11) is 0. The number of hydrogen-bond donors (Lipinski definition) is 1. The summed E-state index contributed by atoms with van der Waals surface area (Å²) in [6.45, 7) is 6.42. The second kappa shape index (κ2) is 11.1. The Morgan fingerprint density at radius 1 is 1.10 bits per heavy atom. The van der Waals surface area contributed by atoms with Crippen LogP contribution in [0, 0.1) is 0 Å². The van der Waals surface area contributed by atoms with E-state index in [1.54, 1.807) is 35.7 Å². The van der Waals surface area contributed by atoms with Gasteiger partial charge in [0, 0.05) is 75.2 Å². The Hall–Kier alpha value is -3.83. The molecule has 202 valence electrons. The number of rotatable bonds is 6. The molecule has 4 aromatic rings. The van der Waals surface area contributed by atoms with Crippen LogP contribution in [0.3, 0.4) is 0 Å². The third-order valence-corrected chi connectivity index (χ3v) is 8.04. The summed E-state index contributed by atoms with van der Waals surface area (Å²) >= 11 is 6.68. The maximum Gasteiger partial charge on any atom is 0.255 e. The molecule has 0 spiro atoms. The minimum absolute atomic E-state index is 0.0293. The summed E-state index contributed by atoms with van der Waals surface area (Å²) in [4.78, 5) is 40.4. The number of amides is 1. The van der Waals surface area contributed by atoms with Crippen LogP contribution in [0.2, 0.25) is 5.02 Å². The van der Waals surface area contributed by atoms with E-state index in [2.05, 4.69) is 41.8 Å². The van der Waals surface area contributed by atoms with Gasteiger partial charge in [-0.2, -0.15) is 5.10 Å². The van der Waals surface area contributed by atoms with E-state index in [9.17, 15) is 4.79 Å². The molecule has 0 aromatic carbocycles. The van der Waals surface area contributed by atoms with E-state index in [1.165, 1.54) is 6.33 Å². The topological polar surface area (TPSA) is 112 Å². The molecule has 0 unspecified atom stereocenters. The molecule has 6 rings (SSSR count). The van der Waals surface area contributed by atoms with Crippen LogP contribution in [-0.4, -0.2) is 95.2 Å². The molecule has 0 saturated carbocycles. The number of likely N-dealkylation sites (tertiary alicyclic amines) is 1. The number of anilines is 1. The number of carbonyl (C=O) groups is 1. The SMILES string of the molecule is CC[C@H]1CN(c2ncc(-c3ncc[nH]3)cc2Cl)CCN1C1CCN(C(=O)c2ccc(-n3cncn3)nc2)CC1. The van der Waals surface area contributed by atoms with Gasteiger partial charge in [0.1, 0.15) is 24.3 Å². The van der Waals surface area contributed by atoms with Crippen LogP contribution >= 0.6 is 11.6 Å². The van der Waals surface area contributed by atoms with Crippen molar-refractivity contribution in [1.82, 2.24) is 44.5 Å². The van der Waals surface area contributed by atoms with Crippen molar-refractivity contribution in [3.05, 3.63) is 66.2 Å². The average Bonchev–Trinajstić information content (AvgIpc) is 3.72. The van der Waals surface area contributed by atoms with Crippen LogP contribution in [0.15, 0.2) is 55.6 Å². The van der Waals surface area contributed by atoms with Crippen molar-refractivity contribution in [3.8, 4) is 17.2 Å². The van der Waals surface area contributed by atoms with Crippen LogP contribution in [0.1, 0.15) is 36.5 Å². The zero-order valence-electron chi connectivity index (χ0n) is 21.8. The van der Waals surface area contributed by atoms with E-state index in [4.69, 9.17) is 16.6 Å². The molecule has 6 heterocycles. The van der Waals surface area contributed by atoms with Gasteiger partial charge >= 0.3 is 0 Å². The van der Waals surface area contributed by atoms with Crippen molar-refractivity contribution < 1.29 is 4.79 Å². The molecule has 2 aliphatic heterocycles. The van der Waals surface area contributed by atoms with E-state index in [1.807, 2.05) is 23.2 Å². The summed E-state index contributed by atoms with van der Waals surface area (Å²) in [5.74, 6) is 2.25. The van der Waals surface area contributed by atoms with Crippen LogP contribution < -0.4 is 4.90 Å². The van der Waals surface area contributed by atoms with Gasteiger partial charge in [-0.3, -0.25) is 9.69 Å². The molecule has 2 fully saturated rings. The van der Waals surface area contributed by atoms with E-state index >= 15 is 0 Å². The highest BCUT2D eigenvalue weighted by atomic mass is 35.5. The molecule has 0 aliphatic carbocycles. The first-order valence-corrected chi connectivity index (χ1v) is 13.7.